The molecule has 0 atom stereocenters. The van der Waals surface area contributed by atoms with Crippen molar-refractivity contribution in [3.8, 4) is 0 Å². The van der Waals surface area contributed by atoms with Crippen molar-refractivity contribution in [3.63, 3.8) is 0 Å². The highest BCUT2D eigenvalue weighted by Gasteiger charge is 2.42. The van der Waals surface area contributed by atoms with Gasteiger partial charge in [-0.25, -0.2) is 4.79 Å². The van der Waals surface area contributed by atoms with Gasteiger partial charge in [-0.2, -0.15) is 0 Å². The highest BCUT2D eigenvalue weighted by molar-refractivity contribution is 9.10. The molecule has 0 aromatic heterocycles. The van der Waals surface area contributed by atoms with Gasteiger partial charge in [0.15, 0.2) is 0 Å². The van der Waals surface area contributed by atoms with Gasteiger partial charge in [-0.1, -0.05) is 40.2 Å². The Labute approximate surface area is 125 Å². The molecular formula is C16H13BrO3. The fourth-order valence-electron chi connectivity index (χ4n) is 2.52. The van der Waals surface area contributed by atoms with Crippen molar-refractivity contribution in [2.45, 2.75) is 5.41 Å². The minimum atomic E-state index is -0.905. The summed E-state index contributed by atoms with van der Waals surface area (Å²) in [6.45, 7) is 1.24. The molecule has 1 heterocycles. The summed E-state index contributed by atoms with van der Waals surface area (Å²) < 4.78 is 6.46. The Morgan fingerprint density at radius 1 is 1.10 bits per heavy atom. The quantitative estimate of drug-likeness (QED) is 0.936. The minimum Gasteiger partial charge on any atom is -0.478 e. The summed E-state index contributed by atoms with van der Waals surface area (Å²) in [5.41, 5.74) is 2.41. The van der Waals surface area contributed by atoms with Crippen molar-refractivity contribution in [1.29, 1.82) is 0 Å². The predicted octanol–water partition coefficient (Wildman–Crippen LogP) is 3.46. The fourth-order valence-corrected chi connectivity index (χ4v) is 2.92. The first-order valence-corrected chi connectivity index (χ1v) is 7.09. The van der Waals surface area contributed by atoms with E-state index in [1.54, 1.807) is 12.1 Å². The van der Waals surface area contributed by atoms with Crippen LogP contribution in [0.25, 0.3) is 0 Å². The van der Waals surface area contributed by atoms with Gasteiger partial charge in [0.05, 0.1) is 24.2 Å². The highest BCUT2D eigenvalue weighted by atomic mass is 79.9. The first-order valence-electron chi connectivity index (χ1n) is 6.29. The maximum atomic E-state index is 10.9. The lowest BCUT2D eigenvalue weighted by Crippen LogP contribution is -2.47. The van der Waals surface area contributed by atoms with Crippen LogP contribution in [0.5, 0.6) is 0 Å². The number of aromatic carboxylic acids is 1. The highest BCUT2D eigenvalue weighted by Crippen LogP contribution is 2.40. The van der Waals surface area contributed by atoms with Gasteiger partial charge >= 0.3 is 5.97 Å². The lowest BCUT2D eigenvalue weighted by atomic mass is 9.73. The number of benzene rings is 2. The SMILES string of the molecule is O=C(O)c1ccc(C2(c3cccc(Br)c3)COC2)cc1. The number of carboxylic acids is 1. The summed E-state index contributed by atoms with van der Waals surface area (Å²) in [6.07, 6.45) is 0. The zero-order valence-corrected chi connectivity index (χ0v) is 12.3. The Kier molecular flexibility index (Phi) is 3.36. The maximum absolute atomic E-state index is 10.9. The number of ether oxygens (including phenoxy) is 1. The topological polar surface area (TPSA) is 46.5 Å². The molecule has 0 amide bonds. The molecule has 102 valence electrons. The predicted molar refractivity (Wildman–Crippen MR) is 79.1 cm³/mol. The molecule has 0 radical (unpaired) electrons. The second-order valence-electron chi connectivity index (χ2n) is 4.97. The Morgan fingerprint density at radius 3 is 2.30 bits per heavy atom. The normalized spacial score (nSPS) is 16.4. The molecule has 1 N–H and O–H groups in total. The minimum absolute atomic E-state index is 0.166. The average molecular weight is 333 g/mol. The van der Waals surface area contributed by atoms with Gasteiger partial charge in [0.1, 0.15) is 0 Å². The fraction of sp³-hybridized carbons (Fsp3) is 0.188. The monoisotopic (exact) mass is 332 g/mol. The van der Waals surface area contributed by atoms with E-state index in [4.69, 9.17) is 9.84 Å². The summed E-state index contributed by atoms with van der Waals surface area (Å²) in [7, 11) is 0. The van der Waals surface area contributed by atoms with E-state index < -0.39 is 5.97 Å². The van der Waals surface area contributed by atoms with Crippen LogP contribution in [-0.4, -0.2) is 24.3 Å². The number of carboxylic acid groups (broad SMARTS) is 1. The molecule has 1 saturated heterocycles. The van der Waals surface area contributed by atoms with Crippen molar-refractivity contribution in [2.75, 3.05) is 13.2 Å². The van der Waals surface area contributed by atoms with Crippen molar-refractivity contribution in [1.82, 2.24) is 0 Å². The molecule has 2 aromatic rings. The molecule has 2 aromatic carbocycles. The van der Waals surface area contributed by atoms with Gasteiger partial charge in [0, 0.05) is 4.47 Å². The molecule has 0 spiro atoms. The van der Waals surface area contributed by atoms with E-state index >= 15 is 0 Å². The van der Waals surface area contributed by atoms with Gasteiger partial charge in [-0.05, 0) is 35.4 Å². The Hall–Kier alpha value is -1.65. The van der Waals surface area contributed by atoms with Crippen LogP contribution in [0.4, 0.5) is 0 Å². The van der Waals surface area contributed by atoms with Crippen LogP contribution in [-0.2, 0) is 10.2 Å². The maximum Gasteiger partial charge on any atom is 0.335 e. The molecule has 1 aliphatic heterocycles. The third-order valence-electron chi connectivity index (χ3n) is 3.76. The zero-order valence-electron chi connectivity index (χ0n) is 10.7. The van der Waals surface area contributed by atoms with Crippen molar-refractivity contribution in [2.24, 2.45) is 0 Å². The van der Waals surface area contributed by atoms with Gasteiger partial charge in [0.2, 0.25) is 0 Å². The molecule has 1 aliphatic rings. The van der Waals surface area contributed by atoms with Crippen LogP contribution < -0.4 is 0 Å². The van der Waals surface area contributed by atoms with Crippen LogP contribution in [0.1, 0.15) is 21.5 Å². The molecule has 4 heteroatoms. The third kappa shape index (κ3) is 2.15. The van der Waals surface area contributed by atoms with Crippen molar-refractivity contribution in [3.05, 3.63) is 69.7 Å². The van der Waals surface area contributed by atoms with Crippen LogP contribution in [0, 0.1) is 0 Å². The third-order valence-corrected chi connectivity index (χ3v) is 4.25. The molecule has 0 saturated carbocycles. The van der Waals surface area contributed by atoms with Crippen LogP contribution in [0.15, 0.2) is 53.0 Å². The van der Waals surface area contributed by atoms with E-state index in [-0.39, 0.29) is 5.41 Å². The van der Waals surface area contributed by atoms with Gasteiger partial charge in [-0.3, -0.25) is 0 Å². The van der Waals surface area contributed by atoms with E-state index in [9.17, 15) is 4.79 Å². The molecular weight excluding hydrogens is 320 g/mol. The molecule has 1 fully saturated rings. The second-order valence-corrected chi connectivity index (χ2v) is 5.88. The summed E-state index contributed by atoms with van der Waals surface area (Å²) >= 11 is 3.49. The van der Waals surface area contributed by atoms with Gasteiger partial charge < -0.3 is 9.84 Å². The smallest absolute Gasteiger partial charge is 0.335 e. The summed E-state index contributed by atoms with van der Waals surface area (Å²) in [5.74, 6) is -0.905. The van der Waals surface area contributed by atoms with Crippen molar-refractivity contribution < 1.29 is 14.6 Å². The zero-order chi connectivity index (χ0) is 14.2. The first kappa shape index (κ1) is 13.3. The van der Waals surface area contributed by atoms with Crippen LogP contribution in [0.3, 0.4) is 0 Å². The number of hydrogen-bond acceptors (Lipinski definition) is 2. The lowest BCUT2D eigenvalue weighted by Gasteiger charge is -2.42. The second kappa shape index (κ2) is 5.04. The van der Waals surface area contributed by atoms with Gasteiger partial charge in [-0.15, -0.1) is 0 Å². The molecule has 20 heavy (non-hydrogen) atoms. The van der Waals surface area contributed by atoms with E-state index in [2.05, 4.69) is 28.1 Å². The molecule has 0 unspecified atom stereocenters. The van der Waals surface area contributed by atoms with E-state index in [0.717, 1.165) is 10.0 Å². The summed E-state index contributed by atoms with van der Waals surface area (Å²) in [5, 5.41) is 8.97. The van der Waals surface area contributed by atoms with E-state index in [1.807, 2.05) is 24.3 Å². The Morgan fingerprint density at radius 2 is 1.80 bits per heavy atom. The van der Waals surface area contributed by atoms with Crippen LogP contribution in [0.2, 0.25) is 0 Å². The molecule has 3 rings (SSSR count). The molecule has 3 nitrogen and oxygen atoms in total. The standard InChI is InChI=1S/C16H13BrO3/c17-14-3-1-2-13(8-14)16(9-20-10-16)12-6-4-11(5-7-12)15(18)19/h1-8H,9-10H2,(H,18,19). The Bertz CT molecular complexity index is 645. The van der Waals surface area contributed by atoms with E-state index in [1.165, 1.54) is 5.56 Å². The Balaban J connectivity index is 2.02. The van der Waals surface area contributed by atoms with E-state index in [0.29, 0.717) is 18.8 Å². The number of carbonyl (C=O) groups is 1. The van der Waals surface area contributed by atoms with Crippen LogP contribution >= 0.6 is 15.9 Å². The average Bonchev–Trinajstić information content (AvgIpc) is 2.38. The molecule has 0 bridgehead atoms. The number of halogens is 1. The lowest BCUT2D eigenvalue weighted by molar-refractivity contribution is -0.0380. The summed E-state index contributed by atoms with van der Waals surface area (Å²) in [4.78, 5) is 10.9. The molecule has 0 aliphatic carbocycles. The largest absolute Gasteiger partial charge is 0.478 e. The number of rotatable bonds is 3. The first-order chi connectivity index (χ1) is 9.62. The van der Waals surface area contributed by atoms with Crippen molar-refractivity contribution >= 4 is 21.9 Å². The van der Waals surface area contributed by atoms with Gasteiger partial charge in [0.25, 0.3) is 0 Å². The summed E-state index contributed by atoms with van der Waals surface area (Å²) in [6, 6.07) is 15.2. The number of hydrogen-bond donors (Lipinski definition) is 1.